The molecule has 0 aromatic rings. The van der Waals surface area contributed by atoms with Crippen LogP contribution in [0, 0.1) is 5.41 Å². The molecule has 2 aliphatic rings. The number of rotatable bonds is 3. The fourth-order valence-electron chi connectivity index (χ4n) is 3.68. The van der Waals surface area contributed by atoms with Crippen LogP contribution in [-0.4, -0.2) is 67.2 Å². The maximum absolute atomic E-state index is 12.3. The number of piperidine rings is 1. The molecule has 132 valence electrons. The molecule has 6 nitrogen and oxygen atoms in total. The summed E-state index contributed by atoms with van der Waals surface area (Å²) in [5, 5.41) is 2.65. The molecule has 0 bridgehead atoms. The minimum Gasteiger partial charge on any atom is -0.444 e. The van der Waals surface area contributed by atoms with Gasteiger partial charge in [0.1, 0.15) is 5.60 Å². The number of amides is 2. The van der Waals surface area contributed by atoms with Gasteiger partial charge in [0, 0.05) is 38.0 Å². The number of carbonyl (C=O) groups is 2. The van der Waals surface area contributed by atoms with Crippen molar-refractivity contribution in [2.45, 2.75) is 52.1 Å². The lowest BCUT2D eigenvalue weighted by molar-refractivity contribution is -0.130. The summed E-state index contributed by atoms with van der Waals surface area (Å²) in [5.74, 6) is 0.131. The summed E-state index contributed by atoms with van der Waals surface area (Å²) in [5.41, 5.74) is -0.219. The fraction of sp³-hybridized carbons (Fsp3) is 0.882. The molecular weight excluding hydrogens is 294 g/mol. The number of nitrogens with zero attached hydrogens (tertiary/aromatic N) is 2. The van der Waals surface area contributed by atoms with E-state index in [0.29, 0.717) is 18.4 Å². The van der Waals surface area contributed by atoms with Crippen LogP contribution in [-0.2, 0) is 9.53 Å². The Bertz CT molecular complexity index is 447. The van der Waals surface area contributed by atoms with E-state index in [1.54, 1.807) is 0 Å². The van der Waals surface area contributed by atoms with Crippen LogP contribution in [0.1, 0.15) is 46.5 Å². The van der Waals surface area contributed by atoms with Crippen molar-refractivity contribution in [3.8, 4) is 0 Å². The molecule has 2 rings (SSSR count). The number of carbonyl (C=O) groups excluding carboxylic acids is 2. The molecular formula is C17H31N3O3. The predicted octanol–water partition coefficient (Wildman–Crippen LogP) is 1.85. The average molecular weight is 325 g/mol. The molecule has 2 aliphatic heterocycles. The zero-order valence-electron chi connectivity index (χ0n) is 15.0. The molecule has 1 N–H and O–H groups in total. The normalized spacial score (nSPS) is 25.7. The van der Waals surface area contributed by atoms with Crippen LogP contribution < -0.4 is 5.32 Å². The second-order valence-corrected chi connectivity index (χ2v) is 8.09. The van der Waals surface area contributed by atoms with E-state index in [9.17, 15) is 9.59 Å². The van der Waals surface area contributed by atoms with Crippen LogP contribution in [0.2, 0.25) is 0 Å². The van der Waals surface area contributed by atoms with Crippen LogP contribution in [0.25, 0.3) is 0 Å². The topological polar surface area (TPSA) is 61.9 Å². The lowest BCUT2D eigenvalue weighted by Gasteiger charge is -2.38. The molecule has 1 atom stereocenters. The van der Waals surface area contributed by atoms with Gasteiger partial charge in [-0.2, -0.15) is 0 Å². The van der Waals surface area contributed by atoms with Crippen molar-refractivity contribution >= 4 is 12.0 Å². The molecule has 0 aromatic carbocycles. The molecule has 1 unspecified atom stereocenters. The highest BCUT2D eigenvalue weighted by Gasteiger charge is 2.41. The van der Waals surface area contributed by atoms with Crippen LogP contribution in [0.3, 0.4) is 0 Å². The van der Waals surface area contributed by atoms with E-state index in [1.807, 2.05) is 25.7 Å². The second-order valence-electron chi connectivity index (χ2n) is 8.09. The molecule has 2 saturated heterocycles. The zero-order chi connectivity index (χ0) is 17.1. The minimum absolute atomic E-state index is 0.131. The smallest absolute Gasteiger partial charge is 0.407 e. The van der Waals surface area contributed by atoms with Crippen molar-refractivity contribution in [2.24, 2.45) is 5.41 Å². The number of alkyl carbamates (subject to hydrolysis) is 1. The first-order valence-electron chi connectivity index (χ1n) is 8.62. The molecule has 0 radical (unpaired) electrons. The molecule has 2 amide bonds. The minimum atomic E-state index is -0.511. The van der Waals surface area contributed by atoms with Gasteiger partial charge in [0.15, 0.2) is 0 Å². The van der Waals surface area contributed by atoms with Gasteiger partial charge >= 0.3 is 6.09 Å². The zero-order valence-corrected chi connectivity index (χ0v) is 15.0. The van der Waals surface area contributed by atoms with Crippen molar-refractivity contribution in [1.29, 1.82) is 0 Å². The monoisotopic (exact) mass is 325 g/mol. The Labute approximate surface area is 139 Å². The number of nitrogens with one attached hydrogen (secondary N) is 1. The summed E-state index contributed by atoms with van der Waals surface area (Å²) < 4.78 is 5.17. The fourth-order valence-corrected chi connectivity index (χ4v) is 3.68. The van der Waals surface area contributed by atoms with Crippen LogP contribution >= 0.6 is 0 Å². The van der Waals surface area contributed by atoms with Gasteiger partial charge in [-0.3, -0.25) is 4.79 Å². The third-order valence-electron chi connectivity index (χ3n) is 4.65. The first-order valence-corrected chi connectivity index (χ1v) is 8.62. The summed E-state index contributed by atoms with van der Waals surface area (Å²) in [4.78, 5) is 28.3. The first-order chi connectivity index (χ1) is 10.7. The van der Waals surface area contributed by atoms with E-state index in [-0.39, 0.29) is 5.91 Å². The van der Waals surface area contributed by atoms with Crippen molar-refractivity contribution in [1.82, 2.24) is 15.1 Å². The van der Waals surface area contributed by atoms with Crippen molar-refractivity contribution in [2.75, 3.05) is 39.8 Å². The summed E-state index contributed by atoms with van der Waals surface area (Å²) >= 11 is 0. The van der Waals surface area contributed by atoms with Gasteiger partial charge in [0.2, 0.25) is 5.91 Å². The lowest BCUT2D eigenvalue weighted by atomic mass is 9.79. The first kappa shape index (κ1) is 18.0. The van der Waals surface area contributed by atoms with Crippen molar-refractivity contribution in [3.05, 3.63) is 0 Å². The van der Waals surface area contributed by atoms with Crippen LogP contribution in [0.5, 0.6) is 0 Å². The number of likely N-dealkylation sites (tertiary alicyclic amines) is 2. The quantitative estimate of drug-likeness (QED) is 0.860. The van der Waals surface area contributed by atoms with E-state index in [2.05, 4.69) is 17.3 Å². The van der Waals surface area contributed by atoms with E-state index in [4.69, 9.17) is 4.74 Å². The largest absolute Gasteiger partial charge is 0.444 e. The number of ether oxygens (including phenoxy) is 1. The molecule has 0 aromatic heterocycles. The van der Waals surface area contributed by atoms with Gasteiger partial charge in [-0.1, -0.05) is 0 Å². The van der Waals surface area contributed by atoms with E-state index in [0.717, 1.165) is 32.6 Å². The third kappa shape index (κ3) is 5.37. The van der Waals surface area contributed by atoms with Gasteiger partial charge in [0.05, 0.1) is 0 Å². The maximum Gasteiger partial charge on any atom is 0.407 e. The summed E-state index contributed by atoms with van der Waals surface area (Å²) in [6, 6.07) is 0. The van der Waals surface area contributed by atoms with E-state index >= 15 is 0 Å². The molecule has 6 heteroatoms. The van der Waals surface area contributed by atoms with Crippen LogP contribution in [0.15, 0.2) is 0 Å². The Balaban J connectivity index is 1.72. The molecule has 23 heavy (non-hydrogen) atoms. The Kier molecular flexibility index (Phi) is 5.55. The lowest BCUT2D eigenvalue weighted by Crippen LogP contribution is -2.43. The second kappa shape index (κ2) is 7.07. The molecule has 2 fully saturated rings. The summed E-state index contributed by atoms with van der Waals surface area (Å²) in [6.45, 7) is 9.76. The van der Waals surface area contributed by atoms with Gasteiger partial charge in [-0.05, 0) is 53.6 Å². The molecule has 2 heterocycles. The average Bonchev–Trinajstić information content (AvgIpc) is 2.80. The van der Waals surface area contributed by atoms with E-state index < -0.39 is 11.7 Å². The van der Waals surface area contributed by atoms with Crippen molar-refractivity contribution < 1.29 is 14.3 Å². The van der Waals surface area contributed by atoms with Gasteiger partial charge in [-0.25, -0.2) is 4.79 Å². The standard InChI is InChI=1S/C17H31N3O3/c1-16(2,3)23-15(22)18-9-6-14(21)20-11-8-17(13-20)7-5-10-19(4)12-17/h5-13H2,1-4H3,(H,18,22). The van der Waals surface area contributed by atoms with Gasteiger partial charge in [0.25, 0.3) is 0 Å². The maximum atomic E-state index is 12.3. The van der Waals surface area contributed by atoms with E-state index in [1.165, 1.54) is 12.8 Å². The van der Waals surface area contributed by atoms with Crippen LogP contribution in [0.4, 0.5) is 4.79 Å². The highest BCUT2D eigenvalue weighted by Crippen LogP contribution is 2.38. The van der Waals surface area contributed by atoms with Gasteiger partial charge in [-0.15, -0.1) is 0 Å². The Morgan fingerprint density at radius 2 is 1.91 bits per heavy atom. The number of hydrogen-bond donors (Lipinski definition) is 1. The highest BCUT2D eigenvalue weighted by molar-refractivity contribution is 5.77. The molecule has 1 spiro atoms. The Morgan fingerprint density at radius 1 is 1.17 bits per heavy atom. The third-order valence-corrected chi connectivity index (χ3v) is 4.65. The summed E-state index contributed by atoms with van der Waals surface area (Å²) in [7, 11) is 2.16. The molecule has 0 aliphatic carbocycles. The van der Waals surface area contributed by atoms with Gasteiger partial charge < -0.3 is 19.9 Å². The summed E-state index contributed by atoms with van der Waals surface area (Å²) in [6.07, 6.45) is 3.42. The van der Waals surface area contributed by atoms with Crippen molar-refractivity contribution in [3.63, 3.8) is 0 Å². The Hall–Kier alpha value is -1.30. The SMILES string of the molecule is CN1CCCC2(CCN(C(=O)CCNC(=O)OC(C)(C)C)C2)C1. The highest BCUT2D eigenvalue weighted by atomic mass is 16.6. The number of hydrogen-bond acceptors (Lipinski definition) is 4. The predicted molar refractivity (Wildman–Crippen MR) is 89.2 cm³/mol. The Morgan fingerprint density at radius 3 is 2.57 bits per heavy atom. The molecule has 0 saturated carbocycles.